The van der Waals surface area contributed by atoms with E-state index in [1.807, 2.05) is 30.3 Å². The Morgan fingerprint density at radius 1 is 0.828 bits per heavy atom. The fraction of sp³-hybridized carbons (Fsp3) is 0. The van der Waals surface area contributed by atoms with Gasteiger partial charge in [-0.2, -0.15) is 8.42 Å². The van der Waals surface area contributed by atoms with Crippen LogP contribution in [0.1, 0.15) is 0 Å². The van der Waals surface area contributed by atoms with E-state index < -0.39 is 27.4 Å². The number of aromatic hydroxyl groups is 2. The van der Waals surface area contributed by atoms with E-state index in [9.17, 15) is 23.4 Å². The Hall–Kier alpha value is -3.91. The van der Waals surface area contributed by atoms with Crippen LogP contribution in [0.15, 0.2) is 80.5 Å². The summed E-state index contributed by atoms with van der Waals surface area (Å²) in [5.74, 6) is -0.884. The largest absolute Gasteiger partial charge is 0.504 e. The lowest BCUT2D eigenvalue weighted by Crippen LogP contribution is -2.05. The number of hydrogen-bond acceptors (Lipinski definition) is 7. The van der Waals surface area contributed by atoms with Gasteiger partial charge < -0.3 is 14.6 Å². The molecular weight excluding hydrogens is 394 g/mol. The van der Waals surface area contributed by atoms with Crippen LogP contribution >= 0.6 is 0 Å². The van der Waals surface area contributed by atoms with Crippen molar-refractivity contribution in [2.45, 2.75) is 0 Å². The molecule has 144 valence electrons. The number of hydrogen-bond donors (Lipinski definition) is 2. The van der Waals surface area contributed by atoms with Gasteiger partial charge in [0, 0.05) is 11.6 Å². The molecule has 0 saturated heterocycles. The molecule has 4 rings (SSSR count). The van der Waals surface area contributed by atoms with Gasteiger partial charge in [-0.3, -0.25) is 4.79 Å². The monoisotopic (exact) mass is 407 g/mol. The summed E-state index contributed by atoms with van der Waals surface area (Å²) in [7, 11) is -2.74. The molecule has 0 fully saturated rings. The minimum Gasteiger partial charge on any atom is -0.504 e. The zero-order valence-corrected chi connectivity index (χ0v) is 15.6. The smallest absolute Gasteiger partial charge is 0.316 e. The van der Waals surface area contributed by atoms with Crippen LogP contribution < -0.4 is 5.43 Å². The summed E-state index contributed by atoms with van der Waals surface area (Å²) in [6.45, 7) is 0. The Morgan fingerprint density at radius 3 is 2.28 bits per heavy atom. The number of nitrogens with zero attached hydrogens (tertiary/aromatic N) is 1. The number of phenolic OH excluding ortho intramolecular Hbond substituents is 2. The zero-order valence-electron chi connectivity index (χ0n) is 14.7. The third-order valence-corrected chi connectivity index (χ3v) is 4.78. The molecule has 0 bridgehead atoms. The van der Waals surface area contributed by atoms with Gasteiger partial charge in [0.1, 0.15) is 11.8 Å². The van der Waals surface area contributed by atoms with Gasteiger partial charge in [0.25, 0.3) is 0 Å². The topological polar surface area (TPSA) is 117 Å². The number of fused-ring (bicyclic) bond motifs is 1. The lowest BCUT2D eigenvalue weighted by Gasteiger charge is -2.09. The highest BCUT2D eigenvalue weighted by Gasteiger charge is 2.16. The van der Waals surface area contributed by atoms with E-state index in [0.29, 0.717) is 0 Å². The molecule has 2 N–H and O–H groups in total. The highest BCUT2D eigenvalue weighted by atomic mass is 32.2. The normalized spacial score (nSPS) is 10.8. The van der Waals surface area contributed by atoms with Gasteiger partial charge >= 0.3 is 10.5 Å². The van der Waals surface area contributed by atoms with Gasteiger partial charge in [-0.15, -0.1) is 4.36 Å². The minimum absolute atomic E-state index is 0.0409. The van der Waals surface area contributed by atoms with E-state index in [-0.39, 0.29) is 27.8 Å². The summed E-state index contributed by atoms with van der Waals surface area (Å²) < 4.78 is 31.5. The predicted molar refractivity (Wildman–Crippen MR) is 108 cm³/mol. The van der Waals surface area contributed by atoms with Gasteiger partial charge in [0.05, 0.1) is 16.6 Å². The van der Waals surface area contributed by atoms with Crippen LogP contribution in [0.25, 0.3) is 33.2 Å². The van der Waals surface area contributed by atoms with Gasteiger partial charge in [-0.1, -0.05) is 42.5 Å². The Labute approximate surface area is 165 Å². The van der Waals surface area contributed by atoms with Crippen molar-refractivity contribution < 1.29 is 23.0 Å². The average molecular weight is 407 g/mol. The average Bonchev–Trinajstić information content (AvgIpc) is 2.70. The third kappa shape index (κ3) is 3.48. The maximum Gasteiger partial charge on any atom is 0.316 e. The van der Waals surface area contributed by atoms with Gasteiger partial charge in [0.2, 0.25) is 5.43 Å². The first-order valence-corrected chi connectivity index (χ1v) is 9.45. The molecule has 0 aliphatic carbocycles. The molecule has 0 radical (unpaired) electrons. The molecule has 0 unspecified atom stereocenters. The van der Waals surface area contributed by atoms with Crippen LogP contribution in [-0.4, -0.2) is 18.6 Å². The first-order chi connectivity index (χ1) is 13.9. The lowest BCUT2D eigenvalue weighted by atomic mass is 9.98. The summed E-state index contributed by atoms with van der Waals surface area (Å²) in [6, 6.07) is 16.4. The van der Waals surface area contributed by atoms with Crippen LogP contribution in [0, 0.1) is 0 Å². The van der Waals surface area contributed by atoms with E-state index >= 15 is 0 Å². The first-order valence-electron chi connectivity index (χ1n) is 8.42. The minimum atomic E-state index is -2.74. The van der Waals surface area contributed by atoms with Crippen molar-refractivity contribution in [1.82, 2.24) is 0 Å². The van der Waals surface area contributed by atoms with E-state index in [0.717, 1.165) is 23.3 Å². The maximum absolute atomic E-state index is 12.9. The zero-order chi connectivity index (χ0) is 20.5. The SMILES string of the molecule is O=c1c(-c2ccc(-c3ccccc3)cc2N=S(=O)=O)coc2cc(O)c(O)cc12. The fourth-order valence-electron chi connectivity index (χ4n) is 3.06. The molecule has 29 heavy (non-hydrogen) atoms. The van der Waals surface area contributed by atoms with E-state index in [4.69, 9.17) is 4.42 Å². The van der Waals surface area contributed by atoms with Crippen molar-refractivity contribution in [2.75, 3.05) is 0 Å². The summed E-state index contributed by atoms with van der Waals surface area (Å²) >= 11 is 0. The van der Waals surface area contributed by atoms with Crippen molar-refractivity contribution in [3.05, 3.63) is 77.2 Å². The summed E-state index contributed by atoms with van der Waals surface area (Å²) in [5, 5.41) is 19.3. The molecular formula is C21H13NO6S. The van der Waals surface area contributed by atoms with Gasteiger partial charge in [0.15, 0.2) is 11.5 Å². The standard InChI is InChI=1S/C21H13NO6S/c23-18-9-15-20(10-19(18)24)28-11-16(21(15)25)14-7-6-13(8-17(14)22-29(26)27)12-4-2-1-3-5-12/h1-11,23-24H. The van der Waals surface area contributed by atoms with Crippen LogP contribution in [0.5, 0.6) is 11.5 Å². The number of benzene rings is 3. The molecule has 3 aromatic carbocycles. The summed E-state index contributed by atoms with van der Waals surface area (Å²) in [4.78, 5) is 12.9. The molecule has 0 aliphatic heterocycles. The highest BCUT2D eigenvalue weighted by Crippen LogP contribution is 2.35. The van der Waals surface area contributed by atoms with E-state index in [1.165, 1.54) is 6.26 Å². The maximum atomic E-state index is 12.9. The molecule has 1 aromatic heterocycles. The molecule has 0 amide bonds. The Morgan fingerprint density at radius 2 is 1.55 bits per heavy atom. The van der Waals surface area contributed by atoms with E-state index in [2.05, 4.69) is 4.36 Å². The van der Waals surface area contributed by atoms with Gasteiger partial charge in [-0.25, -0.2) is 0 Å². The predicted octanol–water partition coefficient (Wildman–Crippen LogP) is 4.23. The highest BCUT2D eigenvalue weighted by molar-refractivity contribution is 7.61. The van der Waals surface area contributed by atoms with Crippen molar-refractivity contribution >= 4 is 27.2 Å². The molecule has 7 nitrogen and oxygen atoms in total. The quantitative estimate of drug-likeness (QED) is 0.491. The van der Waals surface area contributed by atoms with E-state index in [1.54, 1.807) is 18.2 Å². The van der Waals surface area contributed by atoms with Crippen LogP contribution in [0.3, 0.4) is 0 Å². The molecule has 4 aromatic rings. The Bertz CT molecular complexity index is 1430. The second-order valence-electron chi connectivity index (χ2n) is 6.22. The summed E-state index contributed by atoms with van der Waals surface area (Å²) in [5.41, 5.74) is 1.59. The van der Waals surface area contributed by atoms with Crippen molar-refractivity contribution in [3.8, 4) is 33.8 Å². The number of rotatable bonds is 3. The lowest BCUT2D eigenvalue weighted by molar-refractivity contribution is 0.403. The Balaban J connectivity index is 1.97. The molecule has 0 spiro atoms. The summed E-state index contributed by atoms with van der Waals surface area (Å²) in [6.07, 6.45) is 1.17. The fourth-order valence-corrected chi connectivity index (χ4v) is 3.38. The molecule has 8 heteroatoms. The van der Waals surface area contributed by atoms with Crippen LogP contribution in [0.4, 0.5) is 5.69 Å². The van der Waals surface area contributed by atoms with Gasteiger partial charge in [-0.05, 0) is 23.3 Å². The second-order valence-corrected chi connectivity index (χ2v) is 6.84. The molecule has 0 saturated carbocycles. The molecule has 0 aliphatic rings. The van der Waals surface area contributed by atoms with Crippen molar-refractivity contribution in [1.29, 1.82) is 0 Å². The second kappa shape index (κ2) is 7.25. The van der Waals surface area contributed by atoms with Crippen molar-refractivity contribution in [2.24, 2.45) is 4.36 Å². The first kappa shape index (κ1) is 18.5. The Kier molecular flexibility index (Phi) is 4.61. The molecule has 0 atom stereocenters. The third-order valence-electron chi connectivity index (χ3n) is 4.44. The van der Waals surface area contributed by atoms with Crippen LogP contribution in [0.2, 0.25) is 0 Å². The molecule has 1 heterocycles. The van der Waals surface area contributed by atoms with Crippen molar-refractivity contribution in [3.63, 3.8) is 0 Å². The van der Waals surface area contributed by atoms with Crippen LogP contribution in [-0.2, 0) is 10.5 Å². The number of phenols is 2.